The highest BCUT2D eigenvalue weighted by molar-refractivity contribution is 6.31. The number of carbonyl (C=O) groups excluding carboxylic acids is 2. The molecule has 1 saturated carbocycles. The zero-order chi connectivity index (χ0) is 17.6. The van der Waals surface area contributed by atoms with Gasteiger partial charge in [0.05, 0.1) is 18.2 Å². The Hall–Kier alpha value is -1.79. The largest absolute Gasteiger partial charge is 0.447 e. The van der Waals surface area contributed by atoms with Crippen molar-refractivity contribution in [1.29, 1.82) is 0 Å². The maximum absolute atomic E-state index is 12.4. The van der Waals surface area contributed by atoms with E-state index in [1.165, 1.54) is 0 Å². The molecule has 1 aromatic carbocycles. The molecule has 4 rings (SSSR count). The first-order valence-electron chi connectivity index (χ1n) is 8.54. The molecule has 2 heterocycles. The van der Waals surface area contributed by atoms with Crippen LogP contribution in [0.5, 0.6) is 0 Å². The third kappa shape index (κ3) is 3.20. The van der Waals surface area contributed by atoms with Gasteiger partial charge in [-0.2, -0.15) is 0 Å². The van der Waals surface area contributed by atoms with Crippen LogP contribution < -0.4 is 5.32 Å². The van der Waals surface area contributed by atoms with Crippen molar-refractivity contribution in [3.05, 3.63) is 34.3 Å². The first-order valence-corrected chi connectivity index (χ1v) is 8.92. The molecule has 0 unspecified atom stereocenters. The molecule has 25 heavy (non-hydrogen) atoms. The summed E-state index contributed by atoms with van der Waals surface area (Å²) in [6.45, 7) is 4.11. The lowest BCUT2D eigenvalue weighted by Gasteiger charge is -2.47. The fraction of sp³-hybridized carbons (Fsp3) is 0.556. The number of nitrogens with zero attached hydrogens (tertiary/aromatic N) is 1. The number of nitrogens with one attached hydrogen (secondary N) is 1. The fourth-order valence-corrected chi connectivity index (χ4v) is 3.90. The molecule has 1 spiro atoms. The molecule has 3 fully saturated rings. The number of alkyl carbamates (subject to hydrolysis) is 1. The summed E-state index contributed by atoms with van der Waals surface area (Å²) in [5, 5.41) is 3.56. The number of rotatable bonds is 4. The van der Waals surface area contributed by atoms with E-state index in [-0.39, 0.29) is 29.6 Å². The number of benzene rings is 1. The van der Waals surface area contributed by atoms with Crippen LogP contribution in [-0.4, -0.2) is 48.2 Å². The Bertz CT molecular complexity index is 711. The average Bonchev–Trinajstić information content (AvgIpc) is 2.90. The van der Waals surface area contributed by atoms with E-state index >= 15 is 0 Å². The summed E-state index contributed by atoms with van der Waals surface area (Å²) < 4.78 is 10.8. The van der Waals surface area contributed by atoms with E-state index in [4.69, 9.17) is 21.1 Å². The minimum absolute atomic E-state index is 0.0149. The van der Waals surface area contributed by atoms with Gasteiger partial charge >= 0.3 is 6.09 Å². The van der Waals surface area contributed by atoms with E-state index in [2.05, 4.69) is 5.32 Å². The number of cyclic esters (lactones) is 1. The second-order valence-electron chi connectivity index (χ2n) is 7.35. The quantitative estimate of drug-likeness (QED) is 0.889. The molecule has 2 amide bonds. The highest BCUT2D eigenvalue weighted by Gasteiger charge is 2.54. The molecule has 3 aliphatic rings. The number of halogens is 1. The predicted molar refractivity (Wildman–Crippen MR) is 91.3 cm³/mol. The summed E-state index contributed by atoms with van der Waals surface area (Å²) in [6, 6.07) is 5.91. The normalized spacial score (nSPS) is 28.3. The Morgan fingerprint density at radius 2 is 2.20 bits per heavy atom. The highest BCUT2D eigenvalue weighted by Crippen LogP contribution is 2.42. The van der Waals surface area contributed by atoms with Crippen LogP contribution in [-0.2, 0) is 20.9 Å². The lowest BCUT2D eigenvalue weighted by Crippen LogP contribution is -2.62. The van der Waals surface area contributed by atoms with Crippen LogP contribution in [0.4, 0.5) is 4.79 Å². The fourth-order valence-electron chi connectivity index (χ4n) is 3.69. The average molecular weight is 365 g/mol. The van der Waals surface area contributed by atoms with Crippen molar-refractivity contribution >= 4 is 23.6 Å². The minimum atomic E-state index is -0.375. The van der Waals surface area contributed by atoms with Crippen molar-refractivity contribution in [3.8, 4) is 0 Å². The molecular formula is C18H21ClN2O4. The van der Waals surface area contributed by atoms with Crippen molar-refractivity contribution in [2.75, 3.05) is 19.7 Å². The molecule has 1 N–H and O–H groups in total. The van der Waals surface area contributed by atoms with Crippen LogP contribution in [0.1, 0.15) is 24.0 Å². The third-order valence-corrected chi connectivity index (χ3v) is 5.76. The van der Waals surface area contributed by atoms with Gasteiger partial charge in [0.2, 0.25) is 5.91 Å². The van der Waals surface area contributed by atoms with E-state index in [1.807, 2.05) is 30.0 Å². The lowest BCUT2D eigenvalue weighted by atomic mass is 9.68. The van der Waals surface area contributed by atoms with E-state index < -0.39 is 0 Å². The van der Waals surface area contributed by atoms with Gasteiger partial charge in [-0.15, -0.1) is 0 Å². The van der Waals surface area contributed by atoms with Gasteiger partial charge in [-0.1, -0.05) is 23.7 Å². The van der Waals surface area contributed by atoms with E-state index in [1.54, 1.807) is 0 Å². The Labute approximate surface area is 151 Å². The molecule has 7 heteroatoms. The van der Waals surface area contributed by atoms with Crippen molar-refractivity contribution in [3.63, 3.8) is 0 Å². The van der Waals surface area contributed by atoms with Gasteiger partial charge in [0, 0.05) is 24.0 Å². The molecule has 1 aliphatic carbocycles. The Balaban J connectivity index is 1.20. The molecular weight excluding hydrogens is 344 g/mol. The maximum atomic E-state index is 12.4. The van der Waals surface area contributed by atoms with E-state index in [0.29, 0.717) is 39.1 Å². The molecule has 0 bridgehead atoms. The number of aryl methyl sites for hydroxylation is 1. The van der Waals surface area contributed by atoms with E-state index in [9.17, 15) is 9.59 Å². The zero-order valence-corrected chi connectivity index (χ0v) is 14.8. The van der Waals surface area contributed by atoms with Gasteiger partial charge in [0.1, 0.15) is 6.61 Å². The number of hydrogen-bond donors (Lipinski definition) is 1. The first kappa shape index (κ1) is 16.7. The summed E-state index contributed by atoms with van der Waals surface area (Å²) >= 11 is 6.12. The van der Waals surface area contributed by atoms with Crippen LogP contribution in [0.3, 0.4) is 0 Å². The first-order chi connectivity index (χ1) is 11.9. The van der Waals surface area contributed by atoms with Crippen molar-refractivity contribution in [2.24, 2.45) is 5.92 Å². The second kappa shape index (κ2) is 6.18. The van der Waals surface area contributed by atoms with Gasteiger partial charge in [0.25, 0.3) is 0 Å². The molecule has 0 aromatic heterocycles. The van der Waals surface area contributed by atoms with Gasteiger partial charge in [-0.05, 0) is 37.0 Å². The molecule has 0 atom stereocenters. The monoisotopic (exact) mass is 364 g/mol. The number of hydrogen-bond acceptors (Lipinski definition) is 4. The molecule has 2 saturated heterocycles. The van der Waals surface area contributed by atoms with Gasteiger partial charge in [-0.3, -0.25) is 4.79 Å². The van der Waals surface area contributed by atoms with Crippen LogP contribution in [0, 0.1) is 12.8 Å². The standard InChI is InChI=1S/C18H21ClN2O4/c1-11-2-3-12(4-15(11)19)9-24-14-7-21(8-14)16(22)13-5-18(6-13)10-25-17(23)20-18/h2-4,13-14H,5-10H2,1H3,(H,20,23). The van der Waals surface area contributed by atoms with Crippen molar-refractivity contribution in [1.82, 2.24) is 10.2 Å². The Kier molecular flexibility index (Phi) is 4.12. The topological polar surface area (TPSA) is 67.9 Å². The molecule has 6 nitrogen and oxygen atoms in total. The third-order valence-electron chi connectivity index (χ3n) is 5.35. The van der Waals surface area contributed by atoms with E-state index in [0.717, 1.165) is 16.1 Å². The van der Waals surface area contributed by atoms with Gasteiger partial charge in [0.15, 0.2) is 0 Å². The number of carbonyl (C=O) groups is 2. The van der Waals surface area contributed by atoms with Crippen LogP contribution in [0.15, 0.2) is 18.2 Å². The summed E-state index contributed by atoms with van der Waals surface area (Å²) in [4.78, 5) is 25.4. The second-order valence-corrected chi connectivity index (χ2v) is 7.75. The van der Waals surface area contributed by atoms with Gasteiger partial charge < -0.3 is 19.7 Å². The number of amides is 2. The van der Waals surface area contributed by atoms with Crippen LogP contribution >= 0.6 is 11.6 Å². The summed E-state index contributed by atoms with van der Waals surface area (Å²) in [5.41, 5.74) is 1.79. The zero-order valence-electron chi connectivity index (χ0n) is 14.1. The predicted octanol–water partition coefficient (Wildman–Crippen LogP) is 2.26. The van der Waals surface area contributed by atoms with Crippen LogP contribution in [0.2, 0.25) is 5.02 Å². The van der Waals surface area contributed by atoms with Crippen molar-refractivity contribution in [2.45, 2.75) is 38.0 Å². The van der Waals surface area contributed by atoms with Gasteiger partial charge in [-0.25, -0.2) is 4.79 Å². The summed E-state index contributed by atoms with van der Waals surface area (Å²) in [5.74, 6) is 0.142. The smallest absolute Gasteiger partial charge is 0.407 e. The lowest BCUT2D eigenvalue weighted by molar-refractivity contribution is -0.155. The summed E-state index contributed by atoms with van der Waals surface area (Å²) in [7, 11) is 0. The Morgan fingerprint density at radius 3 is 2.84 bits per heavy atom. The Morgan fingerprint density at radius 1 is 1.44 bits per heavy atom. The maximum Gasteiger partial charge on any atom is 0.407 e. The molecule has 0 radical (unpaired) electrons. The highest BCUT2D eigenvalue weighted by atomic mass is 35.5. The van der Waals surface area contributed by atoms with Crippen molar-refractivity contribution < 1.29 is 19.1 Å². The molecule has 1 aromatic rings. The van der Waals surface area contributed by atoms with Crippen LogP contribution in [0.25, 0.3) is 0 Å². The number of likely N-dealkylation sites (tertiary alicyclic amines) is 1. The summed E-state index contributed by atoms with van der Waals surface area (Å²) in [6.07, 6.45) is 1.04. The SMILES string of the molecule is Cc1ccc(COC2CN(C(=O)C3CC4(COC(=O)N4)C3)C2)cc1Cl. The number of ether oxygens (including phenoxy) is 2. The minimum Gasteiger partial charge on any atom is -0.447 e. The molecule has 2 aliphatic heterocycles. The molecule has 134 valence electrons.